The molecular formula is C15H17BrMgO. The van der Waals surface area contributed by atoms with Gasteiger partial charge in [-0.1, -0.05) is 25.1 Å². The van der Waals surface area contributed by atoms with E-state index in [-0.39, 0.29) is 40.0 Å². The summed E-state index contributed by atoms with van der Waals surface area (Å²) in [6.45, 7) is 5.50. The molecule has 0 aliphatic heterocycles. The number of para-hydroxylation sites is 1. The summed E-state index contributed by atoms with van der Waals surface area (Å²) in [5, 5.41) is 0. The summed E-state index contributed by atoms with van der Waals surface area (Å²) in [6.07, 6.45) is 1.00. The monoisotopic (exact) mass is 316 g/mol. The van der Waals surface area contributed by atoms with Crippen LogP contribution in [-0.2, 0) is 0 Å². The van der Waals surface area contributed by atoms with Gasteiger partial charge in [-0.05, 0) is 12.1 Å². The van der Waals surface area contributed by atoms with E-state index in [0.29, 0.717) is 0 Å². The van der Waals surface area contributed by atoms with Crippen molar-refractivity contribution >= 4 is 40.0 Å². The van der Waals surface area contributed by atoms with E-state index in [2.05, 4.69) is 13.0 Å². The number of benzene rings is 2. The smallest absolute Gasteiger partial charge is 0.483 e. The van der Waals surface area contributed by atoms with Crippen LogP contribution in [0.3, 0.4) is 0 Å². The van der Waals surface area contributed by atoms with Crippen LogP contribution in [0.4, 0.5) is 0 Å². The minimum atomic E-state index is 0. The Bertz CT molecular complexity index is 341. The molecule has 18 heavy (non-hydrogen) atoms. The fourth-order valence-corrected chi connectivity index (χ4v) is 1.06. The van der Waals surface area contributed by atoms with Gasteiger partial charge in [0.15, 0.2) is 0 Å². The average Bonchev–Trinajstić information content (AvgIpc) is 2.33. The van der Waals surface area contributed by atoms with Crippen molar-refractivity contribution in [3.05, 3.63) is 67.6 Å². The summed E-state index contributed by atoms with van der Waals surface area (Å²) in [5.41, 5.74) is 0. The van der Waals surface area contributed by atoms with Crippen LogP contribution in [-0.4, -0.2) is 23.1 Å². The minimum Gasteiger partial charge on any atom is -0.483 e. The number of hydrogen-bond acceptors (Lipinski definition) is 1. The van der Waals surface area contributed by atoms with Gasteiger partial charge < -0.3 is 11.7 Å². The van der Waals surface area contributed by atoms with Crippen molar-refractivity contribution in [3.63, 3.8) is 0 Å². The van der Waals surface area contributed by atoms with Gasteiger partial charge in [-0.15, -0.1) is 29.1 Å². The molecule has 0 aliphatic rings. The molecule has 0 radical (unpaired) electrons. The molecule has 0 fully saturated rings. The Hall–Kier alpha value is -0.514. The molecular weight excluding hydrogens is 300 g/mol. The van der Waals surface area contributed by atoms with Gasteiger partial charge in [-0.2, -0.15) is 24.6 Å². The number of rotatable bonds is 2. The first-order valence-corrected chi connectivity index (χ1v) is 5.35. The van der Waals surface area contributed by atoms with Gasteiger partial charge in [-0.3, -0.25) is 0 Å². The number of halogens is 1. The molecule has 0 atom stereocenters. The van der Waals surface area contributed by atoms with Crippen LogP contribution in [0.15, 0.2) is 54.6 Å². The number of hydrogen-bond donors (Lipinski definition) is 0. The van der Waals surface area contributed by atoms with E-state index in [9.17, 15) is 0 Å². The number of ether oxygens (including phenoxy) is 1. The fourth-order valence-electron chi connectivity index (χ4n) is 1.06. The molecule has 2 rings (SSSR count). The molecule has 2 aromatic carbocycles. The van der Waals surface area contributed by atoms with E-state index in [0.717, 1.165) is 17.9 Å². The van der Waals surface area contributed by atoms with Crippen LogP contribution in [0.1, 0.15) is 13.3 Å². The van der Waals surface area contributed by atoms with E-state index in [4.69, 9.17) is 4.74 Å². The molecule has 0 aromatic heterocycles. The Labute approximate surface area is 136 Å². The van der Waals surface area contributed by atoms with Crippen LogP contribution in [0, 0.1) is 13.0 Å². The Morgan fingerprint density at radius 3 is 1.94 bits per heavy atom. The van der Waals surface area contributed by atoms with Gasteiger partial charge in [0.05, 0.1) is 0 Å². The summed E-state index contributed by atoms with van der Waals surface area (Å²) < 4.78 is 5.56. The molecule has 0 saturated heterocycles. The van der Waals surface area contributed by atoms with Gasteiger partial charge >= 0.3 is 23.1 Å². The second-order valence-electron chi connectivity index (χ2n) is 3.15. The first-order chi connectivity index (χ1) is 7.86. The Morgan fingerprint density at radius 2 is 1.44 bits per heavy atom. The van der Waals surface area contributed by atoms with Crippen molar-refractivity contribution in [2.75, 3.05) is 0 Å². The maximum absolute atomic E-state index is 5.56. The van der Waals surface area contributed by atoms with Crippen LogP contribution in [0.25, 0.3) is 0 Å². The summed E-state index contributed by atoms with van der Waals surface area (Å²) in [4.78, 5) is 0. The van der Waals surface area contributed by atoms with E-state index in [1.807, 2.05) is 61.5 Å². The molecule has 1 nitrogen and oxygen atoms in total. The van der Waals surface area contributed by atoms with Crippen molar-refractivity contribution < 1.29 is 4.74 Å². The molecule has 0 heterocycles. The topological polar surface area (TPSA) is 9.23 Å². The van der Waals surface area contributed by atoms with Crippen LogP contribution in [0.5, 0.6) is 11.5 Å². The molecule has 3 heteroatoms. The SMILES string of the molecule is Br.[CH2-]CC.[Mg+2].[c-]1ccc(Oc2ccccc2)cc1. The van der Waals surface area contributed by atoms with Crippen LogP contribution >= 0.6 is 17.0 Å². The third-order valence-corrected chi connectivity index (χ3v) is 1.67. The molecule has 2 aromatic rings. The van der Waals surface area contributed by atoms with E-state index in [1.54, 1.807) is 0 Å². The van der Waals surface area contributed by atoms with E-state index in [1.165, 1.54) is 0 Å². The summed E-state index contributed by atoms with van der Waals surface area (Å²) in [6, 6.07) is 20.1. The van der Waals surface area contributed by atoms with Crippen molar-refractivity contribution in [2.45, 2.75) is 13.3 Å². The van der Waals surface area contributed by atoms with Crippen LogP contribution < -0.4 is 4.74 Å². The van der Waals surface area contributed by atoms with Crippen molar-refractivity contribution in [1.29, 1.82) is 0 Å². The summed E-state index contributed by atoms with van der Waals surface area (Å²) in [7, 11) is 0. The van der Waals surface area contributed by atoms with Crippen molar-refractivity contribution in [1.82, 2.24) is 0 Å². The molecule has 0 amide bonds. The van der Waals surface area contributed by atoms with Gasteiger partial charge in [-0.25, -0.2) is 0 Å². The summed E-state index contributed by atoms with van der Waals surface area (Å²) >= 11 is 0. The minimum absolute atomic E-state index is 0. The molecule has 0 spiro atoms. The summed E-state index contributed by atoms with van der Waals surface area (Å²) in [5.74, 6) is 1.69. The maximum Gasteiger partial charge on any atom is 2.00 e. The Morgan fingerprint density at radius 1 is 1.00 bits per heavy atom. The van der Waals surface area contributed by atoms with Gasteiger partial charge in [0.2, 0.25) is 0 Å². The first-order valence-electron chi connectivity index (χ1n) is 5.35. The fraction of sp³-hybridized carbons (Fsp3) is 0.133. The predicted molar refractivity (Wildman–Crippen MR) is 83.5 cm³/mol. The Balaban J connectivity index is 0. The Kier molecular flexibility index (Phi) is 14.2. The van der Waals surface area contributed by atoms with Gasteiger partial charge in [0.25, 0.3) is 0 Å². The average molecular weight is 318 g/mol. The third kappa shape index (κ3) is 8.56. The zero-order chi connectivity index (χ0) is 11.6. The predicted octanol–water partition coefficient (Wildman–Crippen LogP) is 4.71. The molecule has 0 bridgehead atoms. The molecule has 92 valence electrons. The molecule has 0 aliphatic carbocycles. The van der Waals surface area contributed by atoms with Crippen molar-refractivity contribution in [2.24, 2.45) is 0 Å². The van der Waals surface area contributed by atoms with E-state index < -0.39 is 0 Å². The molecule has 0 saturated carbocycles. The van der Waals surface area contributed by atoms with Gasteiger partial charge in [0, 0.05) is 5.75 Å². The zero-order valence-electron chi connectivity index (χ0n) is 10.6. The molecule has 0 unspecified atom stereocenters. The van der Waals surface area contributed by atoms with Gasteiger partial charge in [0.1, 0.15) is 5.75 Å². The second kappa shape index (κ2) is 12.9. The first kappa shape index (κ1) is 19.8. The second-order valence-corrected chi connectivity index (χ2v) is 3.15. The third-order valence-electron chi connectivity index (χ3n) is 1.67. The van der Waals surface area contributed by atoms with Crippen molar-refractivity contribution in [3.8, 4) is 11.5 Å². The standard InChI is InChI=1S/C12H9O.C3H7.BrH.Mg/c1-3-7-11(8-4-1)13-12-9-5-2-6-10-12;1-3-2;;/h1,3-10H;1,3H2,2H3;1H;/q2*-1;;+2. The van der Waals surface area contributed by atoms with E-state index >= 15 is 0 Å². The molecule has 0 N–H and O–H groups in total. The normalized spacial score (nSPS) is 7.89. The van der Waals surface area contributed by atoms with Crippen LogP contribution in [0.2, 0.25) is 0 Å². The largest absolute Gasteiger partial charge is 2.00 e. The zero-order valence-corrected chi connectivity index (χ0v) is 13.8. The maximum atomic E-state index is 5.56. The quantitative estimate of drug-likeness (QED) is 0.576.